The second-order valence-electron chi connectivity index (χ2n) is 9.63. The van der Waals surface area contributed by atoms with Gasteiger partial charge in [0, 0.05) is 35.7 Å². The molecule has 1 aliphatic heterocycles. The highest BCUT2D eigenvalue weighted by Crippen LogP contribution is 2.42. The van der Waals surface area contributed by atoms with Crippen LogP contribution in [-0.2, 0) is 11.2 Å². The molecule has 1 atom stereocenters. The van der Waals surface area contributed by atoms with Crippen LogP contribution in [-0.4, -0.2) is 57.7 Å². The molecule has 10 heteroatoms. The van der Waals surface area contributed by atoms with Crippen molar-refractivity contribution in [3.8, 4) is 5.75 Å². The Balaban J connectivity index is 1.36. The van der Waals surface area contributed by atoms with Crippen LogP contribution in [0, 0.1) is 5.41 Å². The van der Waals surface area contributed by atoms with Gasteiger partial charge < -0.3 is 9.64 Å². The first-order valence-corrected chi connectivity index (χ1v) is 13.0. The van der Waals surface area contributed by atoms with Gasteiger partial charge in [0.2, 0.25) is 5.91 Å². The van der Waals surface area contributed by atoms with Crippen LogP contribution in [0.2, 0.25) is 5.02 Å². The van der Waals surface area contributed by atoms with Crippen LogP contribution in [0.5, 0.6) is 5.75 Å². The van der Waals surface area contributed by atoms with Gasteiger partial charge in [0.15, 0.2) is 0 Å². The highest BCUT2D eigenvalue weighted by molar-refractivity contribution is 6.32. The molecule has 8 nitrogen and oxygen atoms in total. The van der Waals surface area contributed by atoms with Gasteiger partial charge >= 0.3 is 0 Å². The molecule has 2 aromatic heterocycles. The molecule has 1 unspecified atom stereocenters. The number of unbranched alkanes of at least 4 members (excludes halogenated alkanes) is 1. The molecule has 1 fully saturated rings. The number of rotatable bonds is 11. The minimum absolute atomic E-state index is 0.0988. The van der Waals surface area contributed by atoms with E-state index in [9.17, 15) is 10.0 Å². The largest absolute Gasteiger partial charge is 0.497 e. The lowest BCUT2D eigenvalue weighted by Gasteiger charge is -2.40. The van der Waals surface area contributed by atoms with Gasteiger partial charge in [-0.3, -0.25) is 25.0 Å². The molecule has 0 bridgehead atoms. The summed E-state index contributed by atoms with van der Waals surface area (Å²) < 4.78 is 21.0. The predicted molar refractivity (Wildman–Crippen MR) is 139 cm³/mol. The maximum Gasteiger partial charge on any atom is 0.249 e. The van der Waals surface area contributed by atoms with Gasteiger partial charge in [0.25, 0.3) is 0 Å². The number of carbonyl (C=O) groups excluding carboxylic acids is 1. The summed E-state index contributed by atoms with van der Waals surface area (Å²) >= 11 is 6.38. The van der Waals surface area contributed by atoms with E-state index in [0.29, 0.717) is 54.6 Å². The van der Waals surface area contributed by atoms with Crippen molar-refractivity contribution < 1.29 is 19.1 Å². The second kappa shape index (κ2) is 12.6. The van der Waals surface area contributed by atoms with E-state index in [2.05, 4.69) is 19.9 Å². The molecule has 0 spiro atoms. The number of pyridine rings is 1. The highest BCUT2D eigenvalue weighted by Gasteiger charge is 2.41. The first kappa shape index (κ1) is 27.2. The molecule has 1 aromatic carbocycles. The summed E-state index contributed by atoms with van der Waals surface area (Å²) in [4.78, 5) is 27.8. The maximum absolute atomic E-state index is 15.7. The number of ether oxygens (including phenoxy) is 1. The summed E-state index contributed by atoms with van der Waals surface area (Å²) in [7, 11) is 1.55. The molecule has 0 radical (unpaired) electrons. The second-order valence-corrected chi connectivity index (χ2v) is 10.0. The van der Waals surface area contributed by atoms with E-state index in [1.165, 1.54) is 6.20 Å². The number of halogens is 2. The quantitative estimate of drug-likeness (QED) is 0.203. The lowest BCUT2D eigenvalue weighted by molar-refractivity contribution is -0.143. The number of carbonyl (C=O) groups is 1. The summed E-state index contributed by atoms with van der Waals surface area (Å²) in [5, 5.41) is 10.3. The molecular formula is C27H33ClFN5O3. The van der Waals surface area contributed by atoms with Crippen molar-refractivity contribution in [2.24, 2.45) is 5.41 Å². The number of fused-ring (bicyclic) bond motifs is 1. The smallest absolute Gasteiger partial charge is 0.249 e. The Kier molecular flexibility index (Phi) is 9.23. The number of amides is 1. The number of piperidine rings is 1. The molecule has 1 saturated heterocycles. The van der Waals surface area contributed by atoms with Gasteiger partial charge in [-0.05, 0) is 82.8 Å². The fourth-order valence-electron chi connectivity index (χ4n) is 5.17. The number of aromatic nitrogens is 3. The third-order valence-corrected chi connectivity index (χ3v) is 7.73. The first-order valence-electron chi connectivity index (χ1n) is 12.6. The van der Waals surface area contributed by atoms with Crippen LogP contribution in [0.3, 0.4) is 0 Å². The third-order valence-electron chi connectivity index (χ3n) is 7.43. The van der Waals surface area contributed by atoms with Crippen molar-refractivity contribution in [2.45, 2.75) is 51.1 Å². The number of hydrogen-bond acceptors (Lipinski definition) is 7. The third kappa shape index (κ3) is 6.52. The van der Waals surface area contributed by atoms with Crippen molar-refractivity contribution in [1.82, 2.24) is 25.3 Å². The average Bonchev–Trinajstić information content (AvgIpc) is 2.94. The molecule has 1 aliphatic rings. The highest BCUT2D eigenvalue weighted by atomic mass is 35.5. The number of likely N-dealkylation sites (tertiary alicyclic amines) is 1. The molecule has 1 amide bonds. The fourth-order valence-corrected chi connectivity index (χ4v) is 5.44. The molecule has 198 valence electrons. The number of aryl methyl sites for hydroxylation is 1. The summed E-state index contributed by atoms with van der Waals surface area (Å²) in [6, 6.07) is 5.27. The van der Waals surface area contributed by atoms with Gasteiger partial charge in [-0.2, -0.15) is 0 Å². The molecule has 3 aromatic rings. The SMILES string of the molecule is COc1ccc2ncc(Cl)c(C(F)CCC3(C(=O)NO)CCN(CCCCc4cnccn4)CC3)c2c1. The lowest BCUT2D eigenvalue weighted by Crippen LogP contribution is -2.48. The topological polar surface area (TPSA) is 100 Å². The summed E-state index contributed by atoms with van der Waals surface area (Å²) in [5.41, 5.74) is 2.97. The monoisotopic (exact) mass is 529 g/mol. The van der Waals surface area contributed by atoms with E-state index in [0.717, 1.165) is 31.5 Å². The van der Waals surface area contributed by atoms with E-state index in [-0.39, 0.29) is 11.4 Å². The molecule has 37 heavy (non-hydrogen) atoms. The van der Waals surface area contributed by atoms with E-state index < -0.39 is 17.5 Å². The Labute approximate surface area is 221 Å². The van der Waals surface area contributed by atoms with E-state index in [4.69, 9.17) is 16.3 Å². The van der Waals surface area contributed by atoms with Crippen LogP contribution in [0.4, 0.5) is 4.39 Å². The Morgan fingerprint density at radius 3 is 2.76 bits per heavy atom. The van der Waals surface area contributed by atoms with Crippen LogP contribution < -0.4 is 10.2 Å². The van der Waals surface area contributed by atoms with Crippen molar-refractivity contribution >= 4 is 28.4 Å². The summed E-state index contributed by atoms with van der Waals surface area (Å²) in [6.07, 6.45) is 9.62. The normalized spacial score (nSPS) is 16.4. The van der Waals surface area contributed by atoms with E-state index in [1.807, 2.05) is 5.48 Å². The van der Waals surface area contributed by atoms with Crippen molar-refractivity contribution in [1.29, 1.82) is 0 Å². The number of nitrogens with zero attached hydrogens (tertiary/aromatic N) is 4. The van der Waals surface area contributed by atoms with Gasteiger partial charge in [0.1, 0.15) is 11.9 Å². The van der Waals surface area contributed by atoms with Crippen LogP contribution in [0.25, 0.3) is 10.9 Å². The number of hydrogen-bond donors (Lipinski definition) is 2. The van der Waals surface area contributed by atoms with Gasteiger partial charge in [-0.15, -0.1) is 0 Å². The molecular weight excluding hydrogens is 497 g/mol. The van der Waals surface area contributed by atoms with Crippen molar-refractivity contribution in [3.05, 3.63) is 59.3 Å². The molecule has 4 rings (SSSR count). The van der Waals surface area contributed by atoms with E-state index >= 15 is 4.39 Å². The van der Waals surface area contributed by atoms with Crippen LogP contribution >= 0.6 is 11.6 Å². The minimum atomic E-state index is -1.40. The molecule has 2 N–H and O–H groups in total. The molecule has 0 saturated carbocycles. The zero-order chi connectivity index (χ0) is 26.3. The van der Waals surface area contributed by atoms with Crippen molar-refractivity contribution in [3.63, 3.8) is 0 Å². The zero-order valence-electron chi connectivity index (χ0n) is 21.0. The zero-order valence-corrected chi connectivity index (χ0v) is 21.8. The number of hydroxylamine groups is 1. The number of nitrogens with one attached hydrogen (secondary N) is 1. The minimum Gasteiger partial charge on any atom is -0.497 e. The number of benzene rings is 1. The Hall–Kier alpha value is -2.88. The van der Waals surface area contributed by atoms with E-state index in [1.54, 1.807) is 43.9 Å². The Bertz CT molecular complexity index is 1190. The van der Waals surface area contributed by atoms with Gasteiger partial charge in [-0.1, -0.05) is 11.6 Å². The van der Waals surface area contributed by atoms with Gasteiger partial charge in [-0.25, -0.2) is 9.87 Å². The van der Waals surface area contributed by atoms with Gasteiger partial charge in [0.05, 0.1) is 28.8 Å². The number of alkyl halides is 1. The predicted octanol–water partition coefficient (Wildman–Crippen LogP) is 5.09. The fraction of sp³-hybridized carbons (Fsp3) is 0.481. The number of methoxy groups -OCH3 is 1. The standard InChI is InChI=1S/C27H33ClFN5O3/c1-37-20-5-6-24-21(16-20)25(22(28)18-32-24)23(29)7-8-27(26(35)33-36)9-14-34(15-10-27)13-3-2-4-19-17-30-11-12-31-19/h5-6,11-12,16-18,23,36H,2-4,7-10,13-15H2,1H3,(H,33,35). The van der Waals surface area contributed by atoms with Crippen LogP contribution in [0.15, 0.2) is 43.0 Å². The first-order chi connectivity index (χ1) is 18.0. The Morgan fingerprint density at radius 2 is 2.05 bits per heavy atom. The molecule has 0 aliphatic carbocycles. The maximum atomic E-state index is 15.7. The summed E-state index contributed by atoms with van der Waals surface area (Å²) in [5.74, 6) is 0.138. The van der Waals surface area contributed by atoms with Crippen LogP contribution in [0.1, 0.15) is 56.0 Å². The summed E-state index contributed by atoms with van der Waals surface area (Å²) in [6.45, 7) is 2.35. The Morgan fingerprint density at radius 1 is 1.24 bits per heavy atom. The lowest BCUT2D eigenvalue weighted by atomic mass is 9.73. The molecule has 3 heterocycles. The average molecular weight is 530 g/mol. The van der Waals surface area contributed by atoms with Crippen molar-refractivity contribution in [2.75, 3.05) is 26.7 Å².